The van der Waals surface area contributed by atoms with E-state index in [-0.39, 0.29) is 5.75 Å². The molecule has 0 aromatic carbocycles. The highest BCUT2D eigenvalue weighted by molar-refractivity contribution is 7.90. The smallest absolute Gasteiger partial charge is 0.193 e. The number of hydrogen-bond acceptors (Lipinski definition) is 3. The maximum atomic E-state index is 11.2. The van der Waals surface area contributed by atoms with Gasteiger partial charge in [-0.2, -0.15) is 0 Å². The van der Waals surface area contributed by atoms with Gasteiger partial charge in [0.05, 0.1) is 12.3 Å². The molecular weight excluding hydrogens is 274 g/mol. The average Bonchev–Trinajstić information content (AvgIpc) is 2.73. The molecule has 6 heteroatoms. The molecular formula is C14H29N3O2S. The monoisotopic (exact) mass is 303 g/mol. The third kappa shape index (κ3) is 6.59. The highest BCUT2D eigenvalue weighted by Crippen LogP contribution is 2.23. The predicted octanol–water partition coefficient (Wildman–Crippen LogP) is 1.36. The van der Waals surface area contributed by atoms with Crippen LogP contribution in [-0.2, 0) is 9.84 Å². The second kappa shape index (κ2) is 7.86. The molecule has 20 heavy (non-hydrogen) atoms. The van der Waals surface area contributed by atoms with Crippen molar-refractivity contribution in [2.75, 3.05) is 38.2 Å². The number of hydrogen-bond donors (Lipinski definition) is 1. The van der Waals surface area contributed by atoms with Crippen molar-refractivity contribution in [3.63, 3.8) is 0 Å². The summed E-state index contributed by atoms with van der Waals surface area (Å²) >= 11 is 0. The average molecular weight is 303 g/mol. The summed E-state index contributed by atoms with van der Waals surface area (Å²) < 4.78 is 22.3. The van der Waals surface area contributed by atoms with E-state index in [1.165, 1.54) is 19.1 Å². The lowest BCUT2D eigenvalue weighted by molar-refractivity contribution is 0.404. The summed E-state index contributed by atoms with van der Waals surface area (Å²) in [5, 5.41) is 3.27. The first-order valence-electron chi connectivity index (χ1n) is 7.52. The first kappa shape index (κ1) is 17.3. The first-order chi connectivity index (χ1) is 9.31. The second-order valence-electron chi connectivity index (χ2n) is 6.10. The lowest BCUT2D eigenvalue weighted by Gasteiger charge is -2.22. The second-order valence-corrected chi connectivity index (χ2v) is 8.36. The Morgan fingerprint density at radius 3 is 2.70 bits per heavy atom. The minimum atomic E-state index is -2.94. The summed E-state index contributed by atoms with van der Waals surface area (Å²) in [5.41, 5.74) is 0. The van der Waals surface area contributed by atoms with E-state index in [9.17, 15) is 8.42 Å². The van der Waals surface area contributed by atoms with E-state index in [2.05, 4.69) is 29.1 Å². The molecule has 1 aliphatic rings. The molecule has 118 valence electrons. The number of nitrogens with one attached hydrogen (secondary N) is 1. The molecule has 0 aromatic rings. The molecule has 1 fully saturated rings. The van der Waals surface area contributed by atoms with Crippen LogP contribution in [0.1, 0.15) is 33.6 Å². The third-order valence-electron chi connectivity index (χ3n) is 3.45. The molecule has 1 aliphatic heterocycles. The molecule has 1 saturated heterocycles. The molecule has 0 saturated carbocycles. The van der Waals surface area contributed by atoms with E-state index < -0.39 is 9.84 Å². The highest BCUT2D eigenvalue weighted by atomic mass is 32.2. The van der Waals surface area contributed by atoms with Gasteiger partial charge in [-0.3, -0.25) is 4.99 Å². The molecule has 1 heterocycles. The van der Waals surface area contributed by atoms with Gasteiger partial charge in [-0.25, -0.2) is 8.42 Å². The van der Waals surface area contributed by atoms with Crippen molar-refractivity contribution in [3.8, 4) is 0 Å². The van der Waals surface area contributed by atoms with Gasteiger partial charge in [0, 0.05) is 25.9 Å². The van der Waals surface area contributed by atoms with Gasteiger partial charge < -0.3 is 10.2 Å². The van der Waals surface area contributed by atoms with Crippen LogP contribution in [0.5, 0.6) is 0 Å². The van der Waals surface area contributed by atoms with E-state index in [1.807, 2.05) is 6.92 Å². The maximum absolute atomic E-state index is 11.2. The van der Waals surface area contributed by atoms with Crippen molar-refractivity contribution in [2.45, 2.75) is 33.6 Å². The molecule has 5 nitrogen and oxygen atoms in total. The molecule has 0 amide bonds. The lowest BCUT2D eigenvalue weighted by atomic mass is 9.97. The van der Waals surface area contributed by atoms with Crippen LogP contribution in [0, 0.1) is 11.8 Å². The fraction of sp³-hybridized carbons (Fsp3) is 0.929. The molecule has 0 aliphatic carbocycles. The van der Waals surface area contributed by atoms with Gasteiger partial charge in [-0.15, -0.1) is 0 Å². The molecule has 1 rings (SSSR count). The van der Waals surface area contributed by atoms with Crippen LogP contribution in [0.3, 0.4) is 0 Å². The Morgan fingerprint density at radius 2 is 2.15 bits per heavy atom. The molecule has 1 N–H and O–H groups in total. The summed E-state index contributed by atoms with van der Waals surface area (Å²) in [6.07, 6.45) is 3.71. The minimum absolute atomic E-state index is 0.116. The van der Waals surface area contributed by atoms with Crippen molar-refractivity contribution in [1.82, 2.24) is 10.2 Å². The van der Waals surface area contributed by atoms with Crippen molar-refractivity contribution in [1.29, 1.82) is 0 Å². The van der Waals surface area contributed by atoms with Crippen LogP contribution < -0.4 is 5.32 Å². The summed E-state index contributed by atoms with van der Waals surface area (Å²) in [6.45, 7) is 9.75. The molecule has 0 aromatic heterocycles. The first-order valence-corrected chi connectivity index (χ1v) is 9.59. The van der Waals surface area contributed by atoms with Gasteiger partial charge in [-0.05, 0) is 31.6 Å². The largest absolute Gasteiger partial charge is 0.357 e. The Labute approximate surface area is 123 Å². The van der Waals surface area contributed by atoms with Crippen LogP contribution in [0.15, 0.2) is 4.99 Å². The maximum Gasteiger partial charge on any atom is 0.193 e. The number of sulfone groups is 1. The van der Waals surface area contributed by atoms with Gasteiger partial charge in [0.25, 0.3) is 0 Å². The Kier molecular flexibility index (Phi) is 6.79. The zero-order chi connectivity index (χ0) is 15.2. The van der Waals surface area contributed by atoms with Crippen molar-refractivity contribution in [2.24, 2.45) is 16.8 Å². The Balaban J connectivity index is 2.56. The minimum Gasteiger partial charge on any atom is -0.357 e. The Bertz CT molecular complexity index is 418. The van der Waals surface area contributed by atoms with Gasteiger partial charge in [0.15, 0.2) is 5.96 Å². The number of guanidine groups is 1. The van der Waals surface area contributed by atoms with Gasteiger partial charge >= 0.3 is 0 Å². The fourth-order valence-electron chi connectivity index (χ4n) is 2.63. The Hall–Kier alpha value is -0.780. The van der Waals surface area contributed by atoms with Crippen molar-refractivity contribution >= 4 is 15.8 Å². The fourth-order valence-corrected chi connectivity index (χ4v) is 3.05. The van der Waals surface area contributed by atoms with Crippen LogP contribution in [-0.4, -0.2) is 57.5 Å². The quantitative estimate of drug-likeness (QED) is 0.594. The van der Waals surface area contributed by atoms with Crippen molar-refractivity contribution in [3.05, 3.63) is 0 Å². The van der Waals surface area contributed by atoms with Gasteiger partial charge in [-0.1, -0.05) is 13.8 Å². The normalized spacial score (nSPS) is 20.8. The summed E-state index contributed by atoms with van der Waals surface area (Å²) in [5.74, 6) is 2.44. The van der Waals surface area contributed by atoms with Crippen LogP contribution >= 0.6 is 0 Å². The summed E-state index contributed by atoms with van der Waals surface area (Å²) in [4.78, 5) is 6.71. The third-order valence-corrected chi connectivity index (χ3v) is 4.37. The molecule has 1 unspecified atom stereocenters. The zero-order valence-corrected chi connectivity index (χ0v) is 14.0. The number of rotatable bonds is 6. The van der Waals surface area contributed by atoms with Crippen LogP contribution in [0.25, 0.3) is 0 Å². The van der Waals surface area contributed by atoms with Crippen LogP contribution in [0.4, 0.5) is 0 Å². The van der Waals surface area contributed by atoms with E-state index in [1.54, 1.807) is 0 Å². The van der Waals surface area contributed by atoms with E-state index in [0.717, 1.165) is 37.4 Å². The zero-order valence-electron chi connectivity index (χ0n) is 13.2. The lowest BCUT2D eigenvalue weighted by Crippen LogP contribution is -2.40. The van der Waals surface area contributed by atoms with Gasteiger partial charge in [0.2, 0.25) is 0 Å². The molecule has 0 radical (unpaired) electrons. The highest BCUT2D eigenvalue weighted by Gasteiger charge is 2.25. The topological polar surface area (TPSA) is 61.8 Å². The Morgan fingerprint density at radius 1 is 1.45 bits per heavy atom. The molecule has 0 bridgehead atoms. The number of likely N-dealkylation sites (tertiary alicyclic amines) is 1. The number of nitrogens with zero attached hydrogens (tertiary/aromatic N) is 2. The standard InChI is InChI=1S/C14H29N3O2S/c1-5-15-14(16-7-9-20(4,18)19)17-8-6-13(11-17)10-12(2)3/h12-13H,5-11H2,1-4H3,(H,15,16). The van der Waals surface area contributed by atoms with Crippen molar-refractivity contribution < 1.29 is 8.42 Å². The summed E-state index contributed by atoms with van der Waals surface area (Å²) in [7, 11) is -2.94. The SMILES string of the molecule is CCNC(=NCCS(C)(=O)=O)N1CCC(CC(C)C)C1. The summed E-state index contributed by atoms with van der Waals surface area (Å²) in [6, 6.07) is 0. The predicted molar refractivity (Wildman–Crippen MR) is 84.8 cm³/mol. The molecule has 1 atom stereocenters. The van der Waals surface area contributed by atoms with E-state index >= 15 is 0 Å². The number of aliphatic imine (C=N–C) groups is 1. The van der Waals surface area contributed by atoms with Crippen LogP contribution in [0.2, 0.25) is 0 Å². The van der Waals surface area contributed by atoms with Gasteiger partial charge in [0.1, 0.15) is 9.84 Å². The van der Waals surface area contributed by atoms with E-state index in [4.69, 9.17) is 0 Å². The van der Waals surface area contributed by atoms with E-state index in [0.29, 0.717) is 6.54 Å². The molecule has 0 spiro atoms.